The van der Waals surface area contributed by atoms with E-state index < -0.39 is 0 Å². The molecule has 0 fully saturated rings. The maximum atomic E-state index is 12.3. The Morgan fingerprint density at radius 2 is 2.15 bits per heavy atom. The number of nitrogens with zero attached hydrogens (tertiary/aromatic N) is 4. The molecule has 3 rings (SSSR count). The molecule has 2 heterocycles. The molecule has 0 bridgehead atoms. The first-order valence-electron chi connectivity index (χ1n) is 6.75. The number of rotatable bonds is 3. The summed E-state index contributed by atoms with van der Waals surface area (Å²) in [6.45, 7) is 4.26. The number of para-hydroxylation sites is 1. The number of amides is 1. The Morgan fingerprint density at radius 1 is 1.30 bits per heavy atom. The van der Waals surface area contributed by atoms with Gasteiger partial charge in [-0.2, -0.15) is 5.10 Å². The molecule has 0 spiro atoms. The van der Waals surface area contributed by atoms with E-state index in [1.807, 2.05) is 35.9 Å². The van der Waals surface area contributed by atoms with Crippen molar-refractivity contribution in [1.29, 1.82) is 0 Å². The normalized spacial score (nSPS) is 15.1. The van der Waals surface area contributed by atoms with Crippen LogP contribution < -0.4 is 10.2 Å². The van der Waals surface area contributed by atoms with E-state index in [9.17, 15) is 4.79 Å². The molecule has 20 heavy (non-hydrogen) atoms. The number of hydrogen-bond donors (Lipinski definition) is 1. The highest BCUT2D eigenvalue weighted by atomic mass is 16.2. The van der Waals surface area contributed by atoms with Crippen molar-refractivity contribution in [3.8, 4) is 0 Å². The molecular formula is C14H17N5O. The molecule has 0 atom stereocenters. The largest absolute Gasteiger partial charge is 0.304 e. The van der Waals surface area contributed by atoms with Crippen LogP contribution in [0.1, 0.15) is 18.3 Å². The lowest BCUT2D eigenvalue weighted by Gasteiger charge is -2.22. The van der Waals surface area contributed by atoms with E-state index in [1.165, 1.54) is 6.33 Å². The Balaban J connectivity index is 1.96. The summed E-state index contributed by atoms with van der Waals surface area (Å²) in [6, 6.07) is 7.96. The van der Waals surface area contributed by atoms with Crippen LogP contribution in [0.4, 0.5) is 5.69 Å². The topological polar surface area (TPSA) is 63.1 Å². The van der Waals surface area contributed by atoms with E-state index in [0.717, 1.165) is 23.6 Å². The number of benzene rings is 1. The van der Waals surface area contributed by atoms with Crippen LogP contribution in [0, 0.1) is 0 Å². The van der Waals surface area contributed by atoms with Gasteiger partial charge in [-0.1, -0.05) is 18.2 Å². The van der Waals surface area contributed by atoms with Gasteiger partial charge in [0, 0.05) is 18.8 Å². The number of aryl methyl sites for hydroxylation is 1. The minimum absolute atomic E-state index is 0.0561. The molecule has 1 aromatic heterocycles. The molecule has 104 valence electrons. The molecule has 2 aromatic rings. The summed E-state index contributed by atoms with van der Waals surface area (Å²) in [5.74, 6) is 0.859. The first kappa shape index (κ1) is 12.8. The maximum Gasteiger partial charge on any atom is 0.241 e. The Labute approximate surface area is 117 Å². The Bertz CT molecular complexity index is 622. The van der Waals surface area contributed by atoms with E-state index in [2.05, 4.69) is 15.4 Å². The molecule has 0 saturated heterocycles. The Hall–Kier alpha value is -2.21. The first-order valence-corrected chi connectivity index (χ1v) is 6.75. The minimum atomic E-state index is 0.0561. The van der Waals surface area contributed by atoms with Crippen LogP contribution in [0.5, 0.6) is 0 Å². The highest BCUT2D eigenvalue weighted by Crippen LogP contribution is 2.23. The third-order valence-electron chi connectivity index (χ3n) is 3.47. The molecule has 1 aromatic carbocycles. The van der Waals surface area contributed by atoms with Gasteiger partial charge in [0.2, 0.25) is 5.91 Å². The number of carbonyl (C=O) groups is 1. The summed E-state index contributed by atoms with van der Waals surface area (Å²) in [5.41, 5.74) is 2.08. The second-order valence-corrected chi connectivity index (χ2v) is 4.70. The monoisotopic (exact) mass is 271 g/mol. The van der Waals surface area contributed by atoms with Gasteiger partial charge in [0.25, 0.3) is 0 Å². The predicted octanol–water partition coefficient (Wildman–Crippen LogP) is 0.934. The van der Waals surface area contributed by atoms with Gasteiger partial charge in [0.15, 0.2) is 0 Å². The van der Waals surface area contributed by atoms with Crippen molar-refractivity contribution >= 4 is 11.6 Å². The highest BCUT2D eigenvalue weighted by Gasteiger charge is 2.23. The molecule has 1 aliphatic heterocycles. The van der Waals surface area contributed by atoms with Crippen LogP contribution in [0.2, 0.25) is 0 Å². The van der Waals surface area contributed by atoms with E-state index in [1.54, 1.807) is 4.90 Å². The second kappa shape index (κ2) is 5.42. The average Bonchev–Trinajstić information content (AvgIpc) is 2.86. The molecule has 1 N–H and O–H groups in total. The fraction of sp³-hybridized carbons (Fsp3) is 0.357. The predicted molar refractivity (Wildman–Crippen MR) is 75.0 cm³/mol. The van der Waals surface area contributed by atoms with Gasteiger partial charge in [0.1, 0.15) is 12.2 Å². The minimum Gasteiger partial charge on any atom is -0.304 e. The number of carbonyl (C=O) groups excluding carboxylic acids is 1. The molecule has 6 nitrogen and oxygen atoms in total. The first-order chi connectivity index (χ1) is 9.79. The summed E-state index contributed by atoms with van der Waals surface area (Å²) in [6.07, 6.45) is 1.53. The molecule has 1 amide bonds. The van der Waals surface area contributed by atoms with Crippen LogP contribution in [-0.4, -0.2) is 27.2 Å². The zero-order chi connectivity index (χ0) is 13.9. The summed E-state index contributed by atoms with van der Waals surface area (Å²) >= 11 is 0. The van der Waals surface area contributed by atoms with Crippen molar-refractivity contribution in [3.63, 3.8) is 0 Å². The number of anilines is 1. The molecule has 0 radical (unpaired) electrons. The lowest BCUT2D eigenvalue weighted by Crippen LogP contribution is -2.36. The molecular weight excluding hydrogens is 254 g/mol. The summed E-state index contributed by atoms with van der Waals surface area (Å²) < 4.78 is 1.81. The summed E-state index contributed by atoms with van der Waals surface area (Å²) in [5, 5.41) is 7.31. The van der Waals surface area contributed by atoms with Gasteiger partial charge in [-0.25, -0.2) is 9.67 Å². The molecule has 0 unspecified atom stereocenters. The Kier molecular flexibility index (Phi) is 3.47. The fourth-order valence-corrected chi connectivity index (χ4v) is 2.45. The number of hydrogen-bond acceptors (Lipinski definition) is 4. The van der Waals surface area contributed by atoms with E-state index in [4.69, 9.17) is 0 Å². The lowest BCUT2D eigenvalue weighted by molar-refractivity contribution is -0.117. The summed E-state index contributed by atoms with van der Waals surface area (Å²) in [4.78, 5) is 18.3. The van der Waals surface area contributed by atoms with E-state index in [-0.39, 0.29) is 5.91 Å². The van der Waals surface area contributed by atoms with Crippen molar-refractivity contribution in [1.82, 2.24) is 20.1 Å². The van der Waals surface area contributed by atoms with Crippen LogP contribution >= 0.6 is 0 Å². The van der Waals surface area contributed by atoms with E-state index in [0.29, 0.717) is 19.6 Å². The standard InChI is InChI=1S/C14H17N5O/c1-2-19-13(16-10-17-19)9-18-12-6-4-3-5-11(12)7-15-8-14(18)20/h3-6,10,15H,2,7-9H2,1H3. The van der Waals surface area contributed by atoms with Gasteiger partial charge >= 0.3 is 0 Å². The average molecular weight is 271 g/mol. The smallest absolute Gasteiger partial charge is 0.241 e. The van der Waals surface area contributed by atoms with Crippen molar-refractivity contribution in [2.75, 3.05) is 11.4 Å². The van der Waals surface area contributed by atoms with Gasteiger partial charge in [0.05, 0.1) is 13.1 Å². The van der Waals surface area contributed by atoms with Crippen molar-refractivity contribution in [2.45, 2.75) is 26.6 Å². The molecule has 0 saturated carbocycles. The van der Waals surface area contributed by atoms with Gasteiger partial charge in [-0.05, 0) is 18.6 Å². The van der Waals surface area contributed by atoms with Gasteiger partial charge in [-0.15, -0.1) is 0 Å². The summed E-state index contributed by atoms with van der Waals surface area (Å²) in [7, 11) is 0. The zero-order valence-electron chi connectivity index (χ0n) is 11.4. The van der Waals surface area contributed by atoms with Crippen molar-refractivity contribution in [2.24, 2.45) is 0 Å². The van der Waals surface area contributed by atoms with Gasteiger partial charge in [-0.3, -0.25) is 4.79 Å². The van der Waals surface area contributed by atoms with E-state index >= 15 is 0 Å². The maximum absolute atomic E-state index is 12.3. The van der Waals surface area contributed by atoms with Crippen LogP contribution in [0.25, 0.3) is 0 Å². The van der Waals surface area contributed by atoms with Crippen molar-refractivity contribution in [3.05, 3.63) is 42.0 Å². The molecule has 0 aliphatic carbocycles. The number of aromatic nitrogens is 3. The Morgan fingerprint density at radius 3 is 3.00 bits per heavy atom. The van der Waals surface area contributed by atoms with Crippen LogP contribution in [0.15, 0.2) is 30.6 Å². The van der Waals surface area contributed by atoms with Crippen LogP contribution in [-0.2, 0) is 24.4 Å². The third kappa shape index (κ3) is 2.30. The van der Waals surface area contributed by atoms with Crippen molar-refractivity contribution < 1.29 is 4.79 Å². The fourth-order valence-electron chi connectivity index (χ4n) is 2.45. The molecule has 1 aliphatic rings. The second-order valence-electron chi connectivity index (χ2n) is 4.70. The lowest BCUT2D eigenvalue weighted by atomic mass is 10.1. The number of nitrogens with one attached hydrogen (secondary N) is 1. The number of fused-ring (bicyclic) bond motifs is 1. The SMILES string of the molecule is CCn1ncnc1CN1C(=O)CNCc2ccccc21. The van der Waals surface area contributed by atoms with Gasteiger partial charge < -0.3 is 10.2 Å². The van der Waals surface area contributed by atoms with Crippen LogP contribution in [0.3, 0.4) is 0 Å². The zero-order valence-corrected chi connectivity index (χ0v) is 11.4. The third-order valence-corrected chi connectivity index (χ3v) is 3.47. The highest BCUT2D eigenvalue weighted by molar-refractivity contribution is 5.96. The quantitative estimate of drug-likeness (QED) is 0.902. The molecule has 6 heteroatoms.